The molecule has 1 saturated heterocycles. The van der Waals surface area contributed by atoms with E-state index in [2.05, 4.69) is 6.07 Å². The number of hydrogen-bond donors (Lipinski definition) is 2. The number of methoxy groups -OCH3 is 2. The van der Waals surface area contributed by atoms with Crippen molar-refractivity contribution in [2.24, 2.45) is 0 Å². The molecule has 9 nitrogen and oxygen atoms in total. The fourth-order valence-electron chi connectivity index (χ4n) is 5.16. The molecule has 1 fully saturated rings. The van der Waals surface area contributed by atoms with Gasteiger partial charge in [-0.1, -0.05) is 36.4 Å². The number of phenols is 1. The Morgan fingerprint density at radius 1 is 0.976 bits per heavy atom. The van der Waals surface area contributed by atoms with Crippen LogP contribution < -0.4 is 4.74 Å². The van der Waals surface area contributed by atoms with E-state index in [4.69, 9.17) is 23.7 Å². The first kappa shape index (κ1) is 30.6. The molecule has 3 aromatic carbocycles. The van der Waals surface area contributed by atoms with Crippen molar-refractivity contribution in [1.82, 2.24) is 4.90 Å². The number of fused-ring (bicyclic) bond motifs is 1. The number of ether oxygens (including phenoxy) is 5. The van der Waals surface area contributed by atoms with Crippen LogP contribution >= 0.6 is 0 Å². The van der Waals surface area contributed by atoms with Gasteiger partial charge in [-0.15, -0.1) is 0 Å². The number of hydrogen-bond acceptors (Lipinski definition) is 8. The molecule has 0 bridgehead atoms. The number of likely N-dealkylation sites (tertiary alicyclic amines) is 1. The second-order valence-corrected chi connectivity index (χ2v) is 11.4. The molecule has 41 heavy (non-hydrogen) atoms. The number of carbonyl (C=O) groups is 1. The van der Waals surface area contributed by atoms with Crippen LogP contribution in [0.4, 0.5) is 4.79 Å². The van der Waals surface area contributed by atoms with Gasteiger partial charge in [-0.2, -0.15) is 0 Å². The second-order valence-electron chi connectivity index (χ2n) is 11.4. The van der Waals surface area contributed by atoms with Crippen LogP contribution in [-0.2, 0) is 25.6 Å². The lowest BCUT2D eigenvalue weighted by molar-refractivity contribution is -0.112. The molecule has 1 aliphatic rings. The van der Waals surface area contributed by atoms with Crippen molar-refractivity contribution >= 4 is 16.9 Å². The van der Waals surface area contributed by atoms with Crippen LogP contribution in [0.2, 0.25) is 0 Å². The molecule has 9 heteroatoms. The van der Waals surface area contributed by atoms with Gasteiger partial charge in [0.2, 0.25) is 0 Å². The van der Waals surface area contributed by atoms with E-state index in [0.29, 0.717) is 0 Å². The molecular formula is C32H41NO8. The number of rotatable bonds is 10. The van der Waals surface area contributed by atoms with E-state index in [9.17, 15) is 15.0 Å². The molecule has 0 saturated carbocycles. The fourth-order valence-corrected chi connectivity index (χ4v) is 5.16. The zero-order valence-corrected chi connectivity index (χ0v) is 24.4. The van der Waals surface area contributed by atoms with Gasteiger partial charge in [0.25, 0.3) is 0 Å². The van der Waals surface area contributed by atoms with E-state index < -0.39 is 30.0 Å². The minimum atomic E-state index is -0.832. The number of carbonyl (C=O) groups excluding carboxylic acids is 1. The Morgan fingerprint density at radius 3 is 2.32 bits per heavy atom. The summed E-state index contributed by atoms with van der Waals surface area (Å²) in [5, 5.41) is 22.3. The molecule has 1 unspecified atom stereocenters. The van der Waals surface area contributed by atoms with Gasteiger partial charge < -0.3 is 38.8 Å². The van der Waals surface area contributed by atoms with Crippen molar-refractivity contribution in [3.63, 3.8) is 0 Å². The van der Waals surface area contributed by atoms with Crippen LogP contribution in [0.5, 0.6) is 11.5 Å². The third kappa shape index (κ3) is 8.10. The Morgan fingerprint density at radius 2 is 1.66 bits per heavy atom. The van der Waals surface area contributed by atoms with E-state index in [1.54, 1.807) is 24.1 Å². The summed E-state index contributed by atoms with van der Waals surface area (Å²) >= 11 is 0. The van der Waals surface area contributed by atoms with Crippen molar-refractivity contribution in [2.45, 2.75) is 57.2 Å². The van der Waals surface area contributed by atoms with Crippen molar-refractivity contribution < 1.29 is 38.7 Å². The first-order valence-electron chi connectivity index (χ1n) is 13.8. The Kier molecular flexibility index (Phi) is 10.1. The van der Waals surface area contributed by atoms with Crippen LogP contribution in [0.25, 0.3) is 10.8 Å². The smallest absolute Gasteiger partial charge is 0.410 e. The van der Waals surface area contributed by atoms with Crippen LogP contribution in [0.3, 0.4) is 0 Å². The largest absolute Gasteiger partial charge is 0.508 e. The highest BCUT2D eigenvalue weighted by Gasteiger charge is 2.42. The number of nitrogens with zero attached hydrogens (tertiary/aromatic N) is 1. The Labute approximate surface area is 241 Å². The molecule has 0 radical (unpaired) electrons. The third-order valence-electron chi connectivity index (χ3n) is 6.96. The highest BCUT2D eigenvalue weighted by atomic mass is 16.6. The number of phenolic OH excluding ortho intramolecular Hbond substituents is 1. The number of amides is 1. The monoisotopic (exact) mass is 567 g/mol. The normalized spacial score (nSPS) is 20.1. The second kappa shape index (κ2) is 13.5. The molecule has 4 atom stereocenters. The van der Waals surface area contributed by atoms with Gasteiger partial charge in [-0.3, -0.25) is 0 Å². The van der Waals surface area contributed by atoms with Crippen LogP contribution in [0.15, 0.2) is 60.7 Å². The SMILES string of the molecule is COC[C@@H](O)CO[C@@H]1CN(C(=O)OC(C)(C)C)CC(OCc2cc(OC)c3ccccc3c2)[C@H]1c1ccc(O)cc1. The van der Waals surface area contributed by atoms with Crippen LogP contribution in [-0.4, -0.2) is 85.6 Å². The minimum Gasteiger partial charge on any atom is -0.508 e. The highest BCUT2D eigenvalue weighted by molar-refractivity contribution is 5.89. The Hall–Kier alpha value is -3.37. The average molecular weight is 568 g/mol. The molecule has 0 spiro atoms. The van der Waals surface area contributed by atoms with Crippen LogP contribution in [0.1, 0.15) is 37.8 Å². The maximum Gasteiger partial charge on any atom is 0.410 e. The topological polar surface area (TPSA) is 107 Å². The predicted molar refractivity (Wildman–Crippen MR) is 155 cm³/mol. The summed E-state index contributed by atoms with van der Waals surface area (Å²) in [4.78, 5) is 14.8. The summed E-state index contributed by atoms with van der Waals surface area (Å²) in [5.74, 6) is 0.601. The number of benzene rings is 3. The van der Waals surface area contributed by atoms with E-state index in [-0.39, 0.29) is 44.6 Å². The van der Waals surface area contributed by atoms with Gasteiger partial charge >= 0.3 is 6.09 Å². The molecule has 1 aliphatic heterocycles. The van der Waals surface area contributed by atoms with Crippen LogP contribution in [0, 0.1) is 0 Å². The molecule has 3 aromatic rings. The standard InChI is InChI=1S/C32H41NO8/c1-32(2,3)41-31(36)33-16-28(39-18-21-14-23-8-6-7-9-26(23)27(15-21)38-5)30(22-10-12-24(34)13-11-22)29(17-33)40-20-25(35)19-37-4/h6-15,25,28-30,34-35H,16-20H2,1-5H3/t25-,28?,29-,30-/m1/s1. The molecule has 0 aromatic heterocycles. The Balaban J connectivity index is 1.65. The van der Waals surface area contributed by atoms with Gasteiger partial charge in [0.05, 0.1) is 52.2 Å². The summed E-state index contributed by atoms with van der Waals surface area (Å²) in [7, 11) is 3.16. The molecule has 0 aliphatic carbocycles. The minimum absolute atomic E-state index is 0.0177. The molecule has 4 rings (SSSR count). The first-order valence-corrected chi connectivity index (χ1v) is 13.8. The van der Waals surface area contributed by atoms with E-state index >= 15 is 0 Å². The summed E-state index contributed by atoms with van der Waals surface area (Å²) < 4.78 is 29.2. The average Bonchev–Trinajstić information content (AvgIpc) is 2.94. The summed E-state index contributed by atoms with van der Waals surface area (Å²) in [6.45, 7) is 6.38. The fraction of sp³-hybridized carbons (Fsp3) is 0.469. The van der Waals surface area contributed by atoms with E-state index in [1.165, 1.54) is 7.11 Å². The third-order valence-corrected chi connectivity index (χ3v) is 6.96. The predicted octanol–water partition coefficient (Wildman–Crippen LogP) is 4.87. The maximum atomic E-state index is 13.2. The quantitative estimate of drug-likeness (QED) is 0.358. The molecule has 222 valence electrons. The van der Waals surface area contributed by atoms with Crippen molar-refractivity contribution in [1.29, 1.82) is 0 Å². The van der Waals surface area contributed by atoms with Gasteiger partial charge in [0.1, 0.15) is 23.2 Å². The van der Waals surface area contributed by atoms with Gasteiger partial charge in [0.15, 0.2) is 0 Å². The van der Waals surface area contributed by atoms with Gasteiger partial charge in [-0.25, -0.2) is 4.79 Å². The lowest BCUT2D eigenvalue weighted by Crippen LogP contribution is -2.55. The maximum absolute atomic E-state index is 13.2. The lowest BCUT2D eigenvalue weighted by atomic mass is 9.84. The zero-order chi connectivity index (χ0) is 29.6. The molecule has 2 N–H and O–H groups in total. The molecule has 1 amide bonds. The summed E-state index contributed by atoms with van der Waals surface area (Å²) in [5.41, 5.74) is 1.14. The molecular weight excluding hydrogens is 526 g/mol. The highest BCUT2D eigenvalue weighted by Crippen LogP contribution is 2.35. The number of aliphatic hydroxyl groups is 1. The van der Waals surface area contributed by atoms with Crippen molar-refractivity contribution in [3.05, 3.63) is 71.8 Å². The molecule has 1 heterocycles. The van der Waals surface area contributed by atoms with Gasteiger partial charge in [0, 0.05) is 18.4 Å². The van der Waals surface area contributed by atoms with Gasteiger partial charge in [-0.05, 0) is 61.5 Å². The van der Waals surface area contributed by atoms with Crippen molar-refractivity contribution in [3.8, 4) is 11.5 Å². The van der Waals surface area contributed by atoms with E-state index in [1.807, 2.05) is 63.2 Å². The Bertz CT molecular complexity index is 1290. The number of piperidine rings is 1. The lowest BCUT2D eigenvalue weighted by Gasteiger charge is -2.44. The zero-order valence-electron chi connectivity index (χ0n) is 24.4. The number of aromatic hydroxyl groups is 1. The summed E-state index contributed by atoms with van der Waals surface area (Å²) in [6, 6.07) is 18.9. The van der Waals surface area contributed by atoms with Crippen molar-refractivity contribution in [2.75, 3.05) is 40.5 Å². The summed E-state index contributed by atoms with van der Waals surface area (Å²) in [6.07, 6.45) is -2.30. The van der Waals surface area contributed by atoms with E-state index in [0.717, 1.165) is 27.6 Å². The first-order chi connectivity index (χ1) is 19.6. The number of aliphatic hydroxyl groups excluding tert-OH is 1.